The molecular formula is C14H15N3O2S. The number of para-hydroxylation sites is 1. The molecule has 0 unspecified atom stereocenters. The number of thiocarbonyl (C=S) groups is 1. The van der Waals surface area contributed by atoms with Crippen LogP contribution in [0.3, 0.4) is 0 Å². The van der Waals surface area contributed by atoms with E-state index in [1.54, 1.807) is 12.1 Å². The Kier molecular flexibility index (Phi) is 4.60. The first-order valence-electron chi connectivity index (χ1n) is 6.12. The zero-order valence-electron chi connectivity index (χ0n) is 11.0. The van der Waals surface area contributed by atoms with Gasteiger partial charge in [0, 0.05) is 12.3 Å². The van der Waals surface area contributed by atoms with Crippen LogP contribution in [0.1, 0.15) is 17.0 Å². The fourth-order valence-corrected chi connectivity index (χ4v) is 1.85. The highest BCUT2D eigenvalue weighted by atomic mass is 32.1. The Bertz CT molecular complexity index is 632. The number of hydrogen-bond acceptors (Lipinski definition) is 5. The molecule has 104 valence electrons. The van der Waals surface area contributed by atoms with Crippen molar-refractivity contribution in [3.8, 4) is 11.8 Å². The van der Waals surface area contributed by atoms with Gasteiger partial charge in [0.1, 0.15) is 16.4 Å². The van der Waals surface area contributed by atoms with Gasteiger partial charge in [0.25, 0.3) is 0 Å². The third-order valence-electron chi connectivity index (χ3n) is 2.64. The summed E-state index contributed by atoms with van der Waals surface area (Å²) in [5.74, 6) is 0.612. The maximum atomic E-state index is 9.05. The molecule has 0 bridgehead atoms. The quantitative estimate of drug-likeness (QED) is 0.816. The molecule has 0 aliphatic heterocycles. The van der Waals surface area contributed by atoms with E-state index in [0.717, 1.165) is 11.3 Å². The first kappa shape index (κ1) is 14.4. The Morgan fingerprint density at radius 3 is 2.80 bits per heavy atom. The topological polar surface area (TPSA) is 81.3 Å². The zero-order chi connectivity index (χ0) is 14.5. The molecule has 0 aliphatic rings. The molecule has 0 aliphatic carbocycles. The first-order valence-corrected chi connectivity index (χ1v) is 6.53. The zero-order valence-corrected chi connectivity index (χ0v) is 11.9. The lowest BCUT2D eigenvalue weighted by Crippen LogP contribution is -2.13. The number of nitrogens with zero attached hydrogens (tertiary/aromatic N) is 2. The van der Waals surface area contributed by atoms with E-state index in [1.807, 2.05) is 25.1 Å². The van der Waals surface area contributed by atoms with E-state index in [-0.39, 0.29) is 17.6 Å². The molecule has 1 heterocycles. The number of nitrogens with two attached hydrogens (primary N) is 1. The second-order valence-corrected chi connectivity index (χ2v) is 4.66. The Morgan fingerprint density at radius 2 is 2.10 bits per heavy atom. The maximum absolute atomic E-state index is 9.05. The lowest BCUT2D eigenvalue weighted by Gasteiger charge is -2.10. The number of aryl methyl sites for hydroxylation is 1. The molecule has 0 fully saturated rings. The minimum absolute atomic E-state index is 0.0488. The summed E-state index contributed by atoms with van der Waals surface area (Å²) in [5.41, 5.74) is 7.66. The molecule has 3 N–H and O–H groups in total. The van der Waals surface area contributed by atoms with Crippen molar-refractivity contribution in [2.24, 2.45) is 5.73 Å². The molecule has 2 aromatic rings. The molecule has 0 radical (unpaired) electrons. The van der Waals surface area contributed by atoms with Crippen molar-refractivity contribution in [3.63, 3.8) is 0 Å². The van der Waals surface area contributed by atoms with Crippen molar-refractivity contribution in [1.29, 1.82) is 0 Å². The second-order valence-electron chi connectivity index (χ2n) is 4.22. The molecule has 1 aromatic heterocycles. The Hall–Kier alpha value is -2.05. The van der Waals surface area contributed by atoms with Crippen molar-refractivity contribution >= 4 is 17.2 Å². The van der Waals surface area contributed by atoms with Crippen LogP contribution >= 0.6 is 12.2 Å². The Morgan fingerprint density at radius 1 is 1.35 bits per heavy atom. The van der Waals surface area contributed by atoms with Gasteiger partial charge >= 0.3 is 6.01 Å². The number of hydrogen-bond donors (Lipinski definition) is 2. The van der Waals surface area contributed by atoms with Crippen molar-refractivity contribution < 1.29 is 9.84 Å². The predicted molar refractivity (Wildman–Crippen MR) is 80.0 cm³/mol. The smallest absolute Gasteiger partial charge is 0.322 e. The van der Waals surface area contributed by atoms with E-state index in [1.165, 1.54) is 0 Å². The van der Waals surface area contributed by atoms with Gasteiger partial charge in [0.2, 0.25) is 0 Å². The lowest BCUT2D eigenvalue weighted by molar-refractivity contribution is 0.297. The van der Waals surface area contributed by atoms with Crippen molar-refractivity contribution in [2.75, 3.05) is 6.61 Å². The highest BCUT2D eigenvalue weighted by Crippen LogP contribution is 2.23. The summed E-state index contributed by atoms with van der Waals surface area (Å²) in [4.78, 5) is 8.57. The summed E-state index contributed by atoms with van der Waals surface area (Å²) in [7, 11) is 0. The normalized spacial score (nSPS) is 10.3. The van der Waals surface area contributed by atoms with Gasteiger partial charge in [0.15, 0.2) is 0 Å². The standard InChI is InChI=1S/C14H15N3O2S/c1-9-8-11(13(15)20)17-14(16-9)19-12-5-3-2-4-10(12)6-7-18/h2-5,8,18H,6-7H2,1H3,(H2,15,20). The molecule has 5 nitrogen and oxygen atoms in total. The number of aliphatic hydroxyl groups excluding tert-OH is 1. The molecule has 0 saturated carbocycles. The minimum Gasteiger partial charge on any atom is -0.424 e. The van der Waals surface area contributed by atoms with E-state index >= 15 is 0 Å². The fourth-order valence-electron chi connectivity index (χ4n) is 1.74. The summed E-state index contributed by atoms with van der Waals surface area (Å²) in [5, 5.41) is 9.05. The summed E-state index contributed by atoms with van der Waals surface area (Å²) < 4.78 is 5.69. The number of aromatic nitrogens is 2. The summed E-state index contributed by atoms with van der Waals surface area (Å²) in [6, 6.07) is 9.32. The van der Waals surface area contributed by atoms with E-state index in [4.69, 9.17) is 27.8 Å². The van der Waals surface area contributed by atoms with Gasteiger partial charge in [-0.15, -0.1) is 0 Å². The summed E-state index contributed by atoms with van der Waals surface area (Å²) in [6.45, 7) is 1.86. The van der Waals surface area contributed by atoms with Crippen LogP contribution in [0.25, 0.3) is 0 Å². The number of rotatable bonds is 5. The Balaban J connectivity index is 2.32. The van der Waals surface area contributed by atoms with Crippen LogP contribution in [0.4, 0.5) is 0 Å². The van der Waals surface area contributed by atoms with Gasteiger partial charge in [-0.2, -0.15) is 4.98 Å². The van der Waals surface area contributed by atoms with Gasteiger partial charge in [-0.3, -0.25) is 0 Å². The number of aliphatic hydroxyl groups is 1. The van der Waals surface area contributed by atoms with Crippen LogP contribution in [0.15, 0.2) is 30.3 Å². The van der Waals surface area contributed by atoms with Gasteiger partial charge in [0.05, 0.1) is 0 Å². The molecule has 0 spiro atoms. The third-order valence-corrected chi connectivity index (χ3v) is 2.85. The average molecular weight is 289 g/mol. The number of ether oxygens (including phenoxy) is 1. The van der Waals surface area contributed by atoms with E-state index in [0.29, 0.717) is 17.9 Å². The van der Waals surface area contributed by atoms with Crippen LogP contribution in [-0.2, 0) is 6.42 Å². The third kappa shape index (κ3) is 3.49. The SMILES string of the molecule is Cc1cc(C(N)=S)nc(Oc2ccccc2CCO)n1. The molecule has 0 saturated heterocycles. The van der Waals surface area contributed by atoms with Gasteiger partial charge in [-0.25, -0.2) is 4.98 Å². The number of benzene rings is 1. The lowest BCUT2D eigenvalue weighted by atomic mass is 10.1. The predicted octanol–water partition coefficient (Wildman–Crippen LogP) is 1.75. The highest BCUT2D eigenvalue weighted by Gasteiger charge is 2.09. The van der Waals surface area contributed by atoms with Crippen LogP contribution < -0.4 is 10.5 Å². The van der Waals surface area contributed by atoms with E-state index < -0.39 is 0 Å². The van der Waals surface area contributed by atoms with Crippen molar-refractivity contribution in [2.45, 2.75) is 13.3 Å². The van der Waals surface area contributed by atoms with E-state index in [9.17, 15) is 0 Å². The monoisotopic (exact) mass is 289 g/mol. The summed E-state index contributed by atoms with van der Waals surface area (Å²) in [6.07, 6.45) is 0.504. The summed E-state index contributed by atoms with van der Waals surface area (Å²) >= 11 is 4.91. The molecule has 20 heavy (non-hydrogen) atoms. The Labute approximate surface area is 122 Å². The second kappa shape index (κ2) is 6.40. The molecule has 2 rings (SSSR count). The van der Waals surface area contributed by atoms with Crippen LogP contribution in [0, 0.1) is 6.92 Å². The molecular weight excluding hydrogens is 274 g/mol. The van der Waals surface area contributed by atoms with Crippen LogP contribution in [0.2, 0.25) is 0 Å². The maximum Gasteiger partial charge on any atom is 0.322 e. The van der Waals surface area contributed by atoms with Crippen molar-refractivity contribution in [3.05, 3.63) is 47.3 Å². The molecule has 1 aromatic carbocycles. The van der Waals surface area contributed by atoms with Gasteiger partial charge < -0.3 is 15.6 Å². The van der Waals surface area contributed by atoms with Crippen molar-refractivity contribution in [1.82, 2.24) is 9.97 Å². The largest absolute Gasteiger partial charge is 0.424 e. The minimum atomic E-state index is 0.0488. The fraction of sp³-hybridized carbons (Fsp3) is 0.214. The van der Waals surface area contributed by atoms with Crippen LogP contribution in [0.5, 0.6) is 11.8 Å². The molecule has 6 heteroatoms. The average Bonchev–Trinajstić information content (AvgIpc) is 2.40. The molecule has 0 atom stereocenters. The molecule has 0 amide bonds. The van der Waals surface area contributed by atoms with Gasteiger partial charge in [-0.1, -0.05) is 30.4 Å². The van der Waals surface area contributed by atoms with E-state index in [2.05, 4.69) is 9.97 Å². The van der Waals surface area contributed by atoms with Gasteiger partial charge in [-0.05, 0) is 31.0 Å². The highest BCUT2D eigenvalue weighted by molar-refractivity contribution is 7.80. The first-order chi connectivity index (χ1) is 9.60. The van der Waals surface area contributed by atoms with Crippen LogP contribution in [-0.4, -0.2) is 26.7 Å².